The molecule has 8 heteroatoms. The second-order valence-electron chi connectivity index (χ2n) is 6.19. The van der Waals surface area contributed by atoms with Gasteiger partial charge in [0.2, 0.25) is 0 Å². The minimum atomic E-state index is -3.32. The highest BCUT2D eigenvalue weighted by molar-refractivity contribution is 7.90. The summed E-state index contributed by atoms with van der Waals surface area (Å²) < 4.78 is 42.4. The Balaban J connectivity index is 1.96. The molecule has 6 nitrogen and oxygen atoms in total. The Morgan fingerprint density at radius 2 is 1.70 bits per heavy atom. The fraction of sp³-hybridized carbons (Fsp3) is 0.211. The van der Waals surface area contributed by atoms with E-state index in [4.69, 9.17) is 9.84 Å². The molecule has 0 bridgehead atoms. The van der Waals surface area contributed by atoms with Crippen LogP contribution in [-0.2, 0) is 19.4 Å². The minimum absolute atomic E-state index is 0.0747. The van der Waals surface area contributed by atoms with Crippen LogP contribution in [0.15, 0.2) is 53.4 Å². The lowest BCUT2D eigenvalue weighted by molar-refractivity contribution is -0.137. The van der Waals surface area contributed by atoms with Crippen LogP contribution in [0.3, 0.4) is 0 Å². The van der Waals surface area contributed by atoms with Crippen LogP contribution in [0, 0.1) is 5.82 Å². The smallest absolute Gasteiger partial charge is 0.303 e. The van der Waals surface area contributed by atoms with Crippen LogP contribution >= 0.6 is 0 Å². The Hall–Kier alpha value is -2.87. The SMILES string of the molecule is CS(=O)(=O)c1ccc(C2=C(c3ccc(F)cc3)OC(CCC(=O)O)N2)cc1. The maximum absolute atomic E-state index is 13.2. The molecule has 0 fully saturated rings. The fourth-order valence-electron chi connectivity index (χ4n) is 2.74. The van der Waals surface area contributed by atoms with Crippen LogP contribution in [0.1, 0.15) is 24.0 Å². The Bertz CT molecular complexity index is 982. The highest BCUT2D eigenvalue weighted by Gasteiger charge is 2.27. The number of benzene rings is 2. The van der Waals surface area contributed by atoms with Crippen molar-refractivity contribution in [1.82, 2.24) is 5.32 Å². The first kappa shape index (κ1) is 18.9. The molecule has 0 aromatic heterocycles. The number of hydrogen-bond acceptors (Lipinski definition) is 5. The molecule has 1 heterocycles. The summed E-state index contributed by atoms with van der Waals surface area (Å²) in [6, 6.07) is 12.0. The second-order valence-corrected chi connectivity index (χ2v) is 8.21. The Labute approximate surface area is 156 Å². The van der Waals surface area contributed by atoms with Gasteiger partial charge in [-0.05, 0) is 36.4 Å². The molecule has 2 N–H and O–H groups in total. The summed E-state index contributed by atoms with van der Waals surface area (Å²) in [5.41, 5.74) is 1.90. The number of halogens is 1. The molecule has 1 aliphatic rings. The molecule has 0 saturated heterocycles. The van der Waals surface area contributed by atoms with Crippen molar-refractivity contribution in [2.45, 2.75) is 24.0 Å². The molecule has 27 heavy (non-hydrogen) atoms. The third kappa shape index (κ3) is 4.46. The molecule has 142 valence electrons. The summed E-state index contributed by atoms with van der Waals surface area (Å²) in [6.07, 6.45) is 0.745. The summed E-state index contributed by atoms with van der Waals surface area (Å²) in [7, 11) is -3.32. The maximum Gasteiger partial charge on any atom is 0.303 e. The van der Waals surface area contributed by atoms with Crippen LogP contribution in [0.5, 0.6) is 0 Å². The van der Waals surface area contributed by atoms with Crippen molar-refractivity contribution >= 4 is 27.3 Å². The third-order valence-corrected chi connectivity index (χ3v) is 5.22. The van der Waals surface area contributed by atoms with Gasteiger partial charge < -0.3 is 15.2 Å². The van der Waals surface area contributed by atoms with Crippen LogP contribution in [0.25, 0.3) is 11.5 Å². The number of carbonyl (C=O) groups is 1. The number of carboxylic acid groups (broad SMARTS) is 1. The number of carboxylic acids is 1. The third-order valence-electron chi connectivity index (χ3n) is 4.09. The summed E-state index contributed by atoms with van der Waals surface area (Å²) >= 11 is 0. The lowest BCUT2D eigenvalue weighted by Crippen LogP contribution is -2.24. The van der Waals surface area contributed by atoms with Gasteiger partial charge in [0.15, 0.2) is 21.8 Å². The van der Waals surface area contributed by atoms with Crippen LogP contribution in [0.2, 0.25) is 0 Å². The molecule has 1 aliphatic heterocycles. The fourth-order valence-corrected chi connectivity index (χ4v) is 3.37. The zero-order valence-electron chi connectivity index (χ0n) is 14.5. The van der Waals surface area contributed by atoms with Gasteiger partial charge in [0, 0.05) is 23.8 Å². The van der Waals surface area contributed by atoms with Gasteiger partial charge in [0.25, 0.3) is 0 Å². The summed E-state index contributed by atoms with van der Waals surface area (Å²) in [4.78, 5) is 11.0. The second kappa shape index (κ2) is 7.40. The van der Waals surface area contributed by atoms with Gasteiger partial charge in [0.05, 0.1) is 17.0 Å². The van der Waals surface area contributed by atoms with E-state index in [0.717, 1.165) is 6.26 Å². The molecule has 1 atom stereocenters. The highest BCUT2D eigenvalue weighted by Crippen LogP contribution is 2.33. The first-order chi connectivity index (χ1) is 12.7. The summed E-state index contributed by atoms with van der Waals surface area (Å²) in [5.74, 6) is -0.862. The highest BCUT2D eigenvalue weighted by atomic mass is 32.2. The molecule has 3 rings (SSSR count). The largest absolute Gasteiger partial charge is 0.481 e. The van der Waals surface area contributed by atoms with Gasteiger partial charge >= 0.3 is 5.97 Å². The molecule has 0 radical (unpaired) electrons. The zero-order valence-corrected chi connectivity index (χ0v) is 15.3. The molecular formula is C19H18FNO5S. The quantitative estimate of drug-likeness (QED) is 0.787. The Kier molecular flexibility index (Phi) is 5.18. The predicted molar refractivity (Wildman–Crippen MR) is 97.6 cm³/mol. The van der Waals surface area contributed by atoms with E-state index in [0.29, 0.717) is 22.6 Å². The number of rotatable bonds is 6. The van der Waals surface area contributed by atoms with E-state index < -0.39 is 22.0 Å². The van der Waals surface area contributed by atoms with Crippen molar-refractivity contribution in [3.63, 3.8) is 0 Å². The standard InChI is InChI=1S/C19H18FNO5S/c1-27(24,25)15-8-4-12(5-9-15)18-19(13-2-6-14(20)7-3-13)26-16(21-18)10-11-17(22)23/h2-9,16,21H,10-11H2,1H3,(H,22,23). The van der Waals surface area contributed by atoms with E-state index in [1.807, 2.05) is 0 Å². The minimum Gasteiger partial charge on any atom is -0.481 e. The van der Waals surface area contributed by atoms with Crippen molar-refractivity contribution in [3.8, 4) is 0 Å². The van der Waals surface area contributed by atoms with Crippen molar-refractivity contribution < 1.29 is 27.4 Å². The predicted octanol–water partition coefficient (Wildman–Crippen LogP) is 2.87. The van der Waals surface area contributed by atoms with Gasteiger partial charge in [-0.2, -0.15) is 0 Å². The van der Waals surface area contributed by atoms with E-state index in [9.17, 15) is 17.6 Å². The summed E-state index contributed by atoms with van der Waals surface area (Å²) in [5, 5.41) is 12.0. The van der Waals surface area contributed by atoms with E-state index in [1.54, 1.807) is 24.3 Å². The lowest BCUT2D eigenvalue weighted by Gasteiger charge is -2.12. The molecule has 1 unspecified atom stereocenters. The van der Waals surface area contributed by atoms with Gasteiger partial charge in [-0.15, -0.1) is 0 Å². The molecule has 2 aromatic carbocycles. The molecular weight excluding hydrogens is 373 g/mol. The first-order valence-electron chi connectivity index (χ1n) is 8.20. The molecule has 0 aliphatic carbocycles. The van der Waals surface area contributed by atoms with Gasteiger partial charge in [-0.1, -0.05) is 12.1 Å². The number of ether oxygens (including phenoxy) is 1. The van der Waals surface area contributed by atoms with Gasteiger partial charge in [-0.25, -0.2) is 12.8 Å². The maximum atomic E-state index is 13.2. The van der Waals surface area contributed by atoms with E-state index in [1.165, 1.54) is 24.3 Å². The number of aliphatic carboxylic acids is 1. The van der Waals surface area contributed by atoms with Crippen molar-refractivity contribution in [1.29, 1.82) is 0 Å². The van der Waals surface area contributed by atoms with Gasteiger partial charge in [-0.3, -0.25) is 4.79 Å². The molecule has 0 spiro atoms. The lowest BCUT2D eigenvalue weighted by atomic mass is 10.1. The Morgan fingerprint density at radius 1 is 1.11 bits per heavy atom. The van der Waals surface area contributed by atoms with Crippen molar-refractivity contribution in [2.75, 3.05) is 6.26 Å². The zero-order chi connectivity index (χ0) is 19.6. The van der Waals surface area contributed by atoms with Crippen molar-refractivity contribution in [2.24, 2.45) is 0 Å². The monoisotopic (exact) mass is 391 g/mol. The first-order valence-corrected chi connectivity index (χ1v) is 10.1. The van der Waals surface area contributed by atoms with Crippen molar-refractivity contribution in [3.05, 3.63) is 65.5 Å². The van der Waals surface area contributed by atoms with Gasteiger partial charge in [0.1, 0.15) is 5.82 Å². The summed E-state index contributed by atoms with van der Waals surface area (Å²) in [6.45, 7) is 0. The topological polar surface area (TPSA) is 92.7 Å². The number of hydrogen-bond donors (Lipinski definition) is 2. The average Bonchev–Trinajstić information content (AvgIpc) is 3.04. The molecule has 2 aromatic rings. The molecule has 0 saturated carbocycles. The normalized spacial score (nSPS) is 16.7. The van der Waals surface area contributed by atoms with E-state index in [-0.39, 0.29) is 23.6 Å². The molecule has 0 amide bonds. The number of nitrogens with one attached hydrogen (secondary N) is 1. The van der Waals surface area contributed by atoms with Crippen LogP contribution < -0.4 is 5.32 Å². The Morgan fingerprint density at radius 3 is 2.26 bits per heavy atom. The van der Waals surface area contributed by atoms with Crippen LogP contribution in [-0.4, -0.2) is 32.0 Å². The number of sulfone groups is 1. The average molecular weight is 391 g/mol. The van der Waals surface area contributed by atoms with E-state index >= 15 is 0 Å². The van der Waals surface area contributed by atoms with Crippen LogP contribution in [0.4, 0.5) is 4.39 Å². The van der Waals surface area contributed by atoms with E-state index in [2.05, 4.69) is 5.32 Å².